The number of rotatable bonds is 5. The van der Waals surface area contributed by atoms with Gasteiger partial charge in [0.25, 0.3) is 0 Å². The first-order valence-electron chi connectivity index (χ1n) is 5.69. The molecule has 0 saturated heterocycles. The molecule has 5 nitrogen and oxygen atoms in total. The molecule has 0 amide bonds. The van der Waals surface area contributed by atoms with Crippen molar-refractivity contribution in [3.63, 3.8) is 0 Å². The van der Waals surface area contributed by atoms with Gasteiger partial charge in [-0.2, -0.15) is 0 Å². The van der Waals surface area contributed by atoms with Gasteiger partial charge in [0.1, 0.15) is 5.76 Å². The summed E-state index contributed by atoms with van der Waals surface area (Å²) in [5.41, 5.74) is 7.20. The lowest BCUT2D eigenvalue weighted by Gasteiger charge is -2.03. The summed E-state index contributed by atoms with van der Waals surface area (Å²) in [6.07, 6.45) is 0.723. The summed E-state index contributed by atoms with van der Waals surface area (Å²) in [7, 11) is 0. The van der Waals surface area contributed by atoms with Gasteiger partial charge in [0.15, 0.2) is 17.9 Å². The highest BCUT2D eigenvalue weighted by Gasteiger charge is 2.14. The van der Waals surface area contributed by atoms with Gasteiger partial charge in [-0.15, -0.1) is 0 Å². The number of carbonyl (C=O) groups is 1. The molecule has 0 radical (unpaired) electrons. The van der Waals surface area contributed by atoms with Crippen molar-refractivity contribution in [2.24, 2.45) is 5.73 Å². The van der Waals surface area contributed by atoms with E-state index in [1.807, 2.05) is 19.1 Å². The maximum absolute atomic E-state index is 10.5. The smallest absolute Gasteiger partial charge is 0.341 e. The van der Waals surface area contributed by atoms with E-state index in [0.29, 0.717) is 17.9 Å². The second-order valence-corrected chi connectivity index (χ2v) is 3.99. The van der Waals surface area contributed by atoms with E-state index >= 15 is 0 Å². The van der Waals surface area contributed by atoms with E-state index in [0.717, 1.165) is 23.1 Å². The minimum Gasteiger partial charge on any atom is -0.479 e. The zero-order chi connectivity index (χ0) is 13.1. The fourth-order valence-electron chi connectivity index (χ4n) is 1.97. The summed E-state index contributed by atoms with van der Waals surface area (Å²) in [5, 5.41) is 9.55. The van der Waals surface area contributed by atoms with Gasteiger partial charge in [-0.05, 0) is 26.0 Å². The topological polar surface area (TPSA) is 85.7 Å². The van der Waals surface area contributed by atoms with E-state index in [1.54, 1.807) is 6.07 Å². The third-order valence-electron chi connectivity index (χ3n) is 2.73. The first-order valence-corrected chi connectivity index (χ1v) is 5.69. The van der Waals surface area contributed by atoms with Gasteiger partial charge in [-0.3, -0.25) is 0 Å². The maximum Gasteiger partial charge on any atom is 0.341 e. The first-order chi connectivity index (χ1) is 8.63. The average Bonchev–Trinajstić information content (AvgIpc) is 2.65. The van der Waals surface area contributed by atoms with Crippen LogP contribution in [0.1, 0.15) is 11.3 Å². The molecule has 0 aliphatic carbocycles. The van der Waals surface area contributed by atoms with Crippen LogP contribution in [0.3, 0.4) is 0 Å². The van der Waals surface area contributed by atoms with Crippen LogP contribution in [0.15, 0.2) is 22.6 Å². The number of ether oxygens (including phenoxy) is 1. The van der Waals surface area contributed by atoms with Crippen molar-refractivity contribution in [3.05, 3.63) is 29.5 Å². The molecule has 0 fully saturated rings. The van der Waals surface area contributed by atoms with Gasteiger partial charge in [0, 0.05) is 10.9 Å². The summed E-state index contributed by atoms with van der Waals surface area (Å²) in [6, 6.07) is 5.43. The number of nitrogens with two attached hydrogens (primary N) is 1. The normalized spacial score (nSPS) is 10.8. The molecule has 3 N–H and O–H groups in total. The largest absolute Gasteiger partial charge is 0.479 e. The fourth-order valence-corrected chi connectivity index (χ4v) is 1.97. The van der Waals surface area contributed by atoms with E-state index < -0.39 is 5.97 Å². The van der Waals surface area contributed by atoms with E-state index in [2.05, 4.69) is 0 Å². The Balaban J connectivity index is 2.43. The Bertz CT molecular complexity index is 574. The van der Waals surface area contributed by atoms with E-state index in [4.69, 9.17) is 20.0 Å². The number of furan rings is 1. The van der Waals surface area contributed by atoms with Crippen molar-refractivity contribution in [1.29, 1.82) is 0 Å². The lowest BCUT2D eigenvalue weighted by Crippen LogP contribution is -2.09. The van der Waals surface area contributed by atoms with E-state index in [-0.39, 0.29) is 6.61 Å². The molecule has 5 heteroatoms. The van der Waals surface area contributed by atoms with Gasteiger partial charge in [0.05, 0.1) is 0 Å². The highest BCUT2D eigenvalue weighted by Crippen LogP contribution is 2.32. The Kier molecular flexibility index (Phi) is 3.53. The number of hydrogen-bond acceptors (Lipinski definition) is 4. The molecule has 2 aromatic rings. The molecule has 1 aromatic carbocycles. The standard InChI is InChI=1S/C13H15NO4/c1-8-9(5-6-14)10-3-2-4-11(13(10)18-8)17-7-12(15)16/h2-4H,5-7,14H2,1H3,(H,15,16). The number of carboxylic acid groups (broad SMARTS) is 1. The van der Waals surface area contributed by atoms with Gasteiger partial charge in [-0.1, -0.05) is 12.1 Å². The monoisotopic (exact) mass is 249 g/mol. The highest BCUT2D eigenvalue weighted by molar-refractivity contribution is 5.87. The third kappa shape index (κ3) is 2.31. The number of carboxylic acids is 1. The molecule has 0 unspecified atom stereocenters. The van der Waals surface area contributed by atoms with Gasteiger partial charge >= 0.3 is 5.97 Å². The molecule has 2 rings (SSSR count). The number of aryl methyl sites for hydroxylation is 1. The van der Waals surface area contributed by atoms with Crippen LogP contribution in [0.25, 0.3) is 11.0 Å². The SMILES string of the molecule is Cc1oc2c(OCC(=O)O)cccc2c1CCN. The van der Waals surface area contributed by atoms with Crippen molar-refractivity contribution >= 4 is 16.9 Å². The first kappa shape index (κ1) is 12.4. The molecule has 96 valence electrons. The molecule has 0 aliphatic heterocycles. The average molecular weight is 249 g/mol. The second-order valence-electron chi connectivity index (χ2n) is 3.99. The molecule has 0 aliphatic rings. The highest BCUT2D eigenvalue weighted by atomic mass is 16.5. The molecular formula is C13H15NO4. The van der Waals surface area contributed by atoms with Crippen molar-refractivity contribution in [1.82, 2.24) is 0 Å². The van der Waals surface area contributed by atoms with E-state index in [9.17, 15) is 4.79 Å². The fraction of sp³-hybridized carbons (Fsp3) is 0.308. The van der Waals surface area contributed by atoms with Crippen molar-refractivity contribution in [2.45, 2.75) is 13.3 Å². The van der Waals surface area contributed by atoms with Crippen LogP contribution in [-0.2, 0) is 11.2 Å². The zero-order valence-corrected chi connectivity index (χ0v) is 10.1. The van der Waals surface area contributed by atoms with Crippen molar-refractivity contribution in [2.75, 3.05) is 13.2 Å². The number of para-hydroxylation sites is 1. The van der Waals surface area contributed by atoms with Crippen LogP contribution in [0, 0.1) is 6.92 Å². The Hall–Kier alpha value is -2.01. The minimum atomic E-state index is -1.02. The number of benzene rings is 1. The van der Waals surface area contributed by atoms with Crippen LogP contribution < -0.4 is 10.5 Å². The summed E-state index contributed by atoms with van der Waals surface area (Å²) in [4.78, 5) is 10.5. The van der Waals surface area contributed by atoms with E-state index in [1.165, 1.54) is 0 Å². The lowest BCUT2D eigenvalue weighted by molar-refractivity contribution is -0.139. The van der Waals surface area contributed by atoms with Crippen LogP contribution in [0.5, 0.6) is 5.75 Å². The molecule has 1 aromatic heterocycles. The third-order valence-corrected chi connectivity index (χ3v) is 2.73. The van der Waals surface area contributed by atoms with Crippen molar-refractivity contribution in [3.8, 4) is 5.75 Å². The Morgan fingerprint density at radius 1 is 1.50 bits per heavy atom. The van der Waals surface area contributed by atoms with Crippen LogP contribution in [0.2, 0.25) is 0 Å². The minimum absolute atomic E-state index is 0.384. The summed E-state index contributed by atoms with van der Waals surface area (Å²) < 4.78 is 10.8. The van der Waals surface area contributed by atoms with Crippen molar-refractivity contribution < 1.29 is 19.1 Å². The number of hydrogen-bond donors (Lipinski definition) is 2. The molecule has 0 atom stereocenters. The number of fused-ring (bicyclic) bond motifs is 1. The van der Waals surface area contributed by atoms with Crippen LogP contribution >= 0.6 is 0 Å². The Morgan fingerprint density at radius 2 is 2.28 bits per heavy atom. The summed E-state index contributed by atoms with van der Waals surface area (Å²) >= 11 is 0. The van der Waals surface area contributed by atoms with Gasteiger partial charge < -0.3 is 20.0 Å². The molecule has 1 heterocycles. The predicted molar refractivity (Wildman–Crippen MR) is 66.8 cm³/mol. The van der Waals surface area contributed by atoms with Gasteiger partial charge in [0.2, 0.25) is 0 Å². The summed E-state index contributed by atoms with van der Waals surface area (Å²) in [5.74, 6) is 0.223. The number of aliphatic carboxylic acids is 1. The Labute approximate surface area is 104 Å². The summed E-state index contributed by atoms with van der Waals surface area (Å²) in [6.45, 7) is 2.02. The molecule has 0 bridgehead atoms. The molecule has 0 spiro atoms. The van der Waals surface area contributed by atoms with Gasteiger partial charge in [-0.25, -0.2) is 4.79 Å². The maximum atomic E-state index is 10.5. The quantitative estimate of drug-likeness (QED) is 0.842. The second kappa shape index (κ2) is 5.10. The van der Waals surface area contributed by atoms with Crippen LogP contribution in [-0.4, -0.2) is 24.2 Å². The Morgan fingerprint density at radius 3 is 2.94 bits per heavy atom. The molecular weight excluding hydrogens is 234 g/mol. The molecule has 0 saturated carbocycles. The van der Waals surface area contributed by atoms with Crippen LogP contribution in [0.4, 0.5) is 0 Å². The predicted octanol–water partition coefficient (Wildman–Crippen LogP) is 1.71. The zero-order valence-electron chi connectivity index (χ0n) is 10.1. The lowest BCUT2D eigenvalue weighted by atomic mass is 10.1. The molecule has 18 heavy (non-hydrogen) atoms.